The van der Waals surface area contributed by atoms with Gasteiger partial charge in [0.15, 0.2) is 0 Å². The highest BCUT2D eigenvalue weighted by atomic mass is 32.2. The first-order valence-electron chi connectivity index (χ1n) is 6.09. The predicted molar refractivity (Wildman–Crippen MR) is 74.6 cm³/mol. The fourth-order valence-electron chi connectivity index (χ4n) is 2.47. The van der Waals surface area contributed by atoms with Crippen LogP contribution in [-0.4, -0.2) is 47.3 Å². The quantitative estimate of drug-likeness (QED) is 0.868. The molecule has 0 aromatic heterocycles. The Morgan fingerprint density at radius 2 is 2.00 bits per heavy atom. The maximum Gasteiger partial charge on any atom is 0.0835 e. The molecule has 0 amide bonds. The van der Waals surface area contributed by atoms with Gasteiger partial charge in [0.25, 0.3) is 0 Å². The van der Waals surface area contributed by atoms with Crippen molar-refractivity contribution >= 4 is 11.8 Å². The molecule has 0 aliphatic carbocycles. The topological polar surface area (TPSA) is 23.5 Å². The molecule has 1 N–H and O–H groups in total. The number of hydrogen-bond donors (Lipinski definition) is 1. The SMILES string of the molecule is CSCC(C)(O)CN1CC(c2ccccc2)C1. The van der Waals surface area contributed by atoms with Gasteiger partial charge < -0.3 is 5.11 Å². The van der Waals surface area contributed by atoms with Crippen LogP contribution in [0.25, 0.3) is 0 Å². The number of likely N-dealkylation sites (tertiary alicyclic amines) is 1. The zero-order valence-corrected chi connectivity index (χ0v) is 11.4. The maximum atomic E-state index is 10.1. The van der Waals surface area contributed by atoms with Gasteiger partial charge in [0, 0.05) is 31.3 Å². The van der Waals surface area contributed by atoms with E-state index in [-0.39, 0.29) is 0 Å². The Morgan fingerprint density at radius 3 is 2.59 bits per heavy atom. The first-order chi connectivity index (χ1) is 8.11. The van der Waals surface area contributed by atoms with Gasteiger partial charge in [-0.1, -0.05) is 30.3 Å². The Balaban J connectivity index is 1.80. The Bertz CT molecular complexity index is 346. The lowest BCUT2D eigenvalue weighted by molar-refractivity contribution is 0.0108. The third kappa shape index (κ3) is 3.47. The van der Waals surface area contributed by atoms with Crippen molar-refractivity contribution < 1.29 is 5.11 Å². The summed E-state index contributed by atoms with van der Waals surface area (Å²) in [6.07, 6.45) is 2.04. The first-order valence-corrected chi connectivity index (χ1v) is 7.49. The third-order valence-corrected chi connectivity index (χ3v) is 4.16. The molecule has 3 heteroatoms. The van der Waals surface area contributed by atoms with Gasteiger partial charge in [0.05, 0.1) is 5.60 Å². The second kappa shape index (κ2) is 5.42. The lowest BCUT2D eigenvalue weighted by Crippen LogP contribution is -2.52. The standard InChI is InChI=1S/C14H21NOS/c1-14(16,11-17-2)10-15-8-13(9-15)12-6-4-3-5-7-12/h3-7,13,16H,8-11H2,1-2H3. The summed E-state index contributed by atoms with van der Waals surface area (Å²) in [4.78, 5) is 2.34. The summed E-state index contributed by atoms with van der Waals surface area (Å²) in [5, 5.41) is 10.1. The van der Waals surface area contributed by atoms with E-state index in [2.05, 4.69) is 35.2 Å². The molecule has 1 saturated heterocycles. The van der Waals surface area contributed by atoms with Crippen molar-refractivity contribution in [3.63, 3.8) is 0 Å². The molecule has 0 saturated carbocycles. The minimum absolute atomic E-state index is 0.554. The largest absolute Gasteiger partial charge is 0.388 e. The second-order valence-electron chi connectivity index (χ2n) is 5.23. The Labute approximate surface area is 108 Å². The number of thioether (sulfide) groups is 1. The monoisotopic (exact) mass is 251 g/mol. The van der Waals surface area contributed by atoms with E-state index in [1.54, 1.807) is 11.8 Å². The first kappa shape index (κ1) is 12.9. The van der Waals surface area contributed by atoms with Crippen LogP contribution in [0.3, 0.4) is 0 Å². The van der Waals surface area contributed by atoms with E-state index >= 15 is 0 Å². The van der Waals surface area contributed by atoms with Crippen LogP contribution in [0.1, 0.15) is 18.4 Å². The number of β-amino-alcohol motifs (C(OH)–C–C–N with tert-alkyl or cyclic N) is 1. The fraction of sp³-hybridized carbons (Fsp3) is 0.571. The molecule has 17 heavy (non-hydrogen) atoms. The van der Waals surface area contributed by atoms with Crippen molar-refractivity contribution in [1.29, 1.82) is 0 Å². The van der Waals surface area contributed by atoms with Crippen molar-refractivity contribution in [2.45, 2.75) is 18.4 Å². The molecule has 1 unspecified atom stereocenters. The van der Waals surface area contributed by atoms with Crippen LogP contribution in [0, 0.1) is 0 Å². The summed E-state index contributed by atoms with van der Waals surface area (Å²) in [5.74, 6) is 1.46. The average molecular weight is 251 g/mol. The van der Waals surface area contributed by atoms with Crippen molar-refractivity contribution in [2.24, 2.45) is 0 Å². The summed E-state index contributed by atoms with van der Waals surface area (Å²) in [7, 11) is 0. The van der Waals surface area contributed by atoms with Gasteiger partial charge in [-0.05, 0) is 18.7 Å². The van der Waals surface area contributed by atoms with Gasteiger partial charge in [0.2, 0.25) is 0 Å². The van der Waals surface area contributed by atoms with Crippen LogP contribution in [0.15, 0.2) is 30.3 Å². The van der Waals surface area contributed by atoms with Crippen LogP contribution in [0.4, 0.5) is 0 Å². The summed E-state index contributed by atoms with van der Waals surface area (Å²) in [6.45, 7) is 4.87. The molecule has 0 spiro atoms. The van der Waals surface area contributed by atoms with Crippen molar-refractivity contribution in [1.82, 2.24) is 4.90 Å². The van der Waals surface area contributed by atoms with Gasteiger partial charge in [-0.25, -0.2) is 0 Å². The highest BCUT2D eigenvalue weighted by molar-refractivity contribution is 7.98. The highest BCUT2D eigenvalue weighted by Gasteiger charge is 2.32. The van der Waals surface area contributed by atoms with Crippen LogP contribution in [-0.2, 0) is 0 Å². The van der Waals surface area contributed by atoms with Crippen molar-refractivity contribution in [2.75, 3.05) is 31.6 Å². The molecule has 1 heterocycles. The van der Waals surface area contributed by atoms with Gasteiger partial charge in [0.1, 0.15) is 0 Å². The highest BCUT2D eigenvalue weighted by Crippen LogP contribution is 2.28. The van der Waals surface area contributed by atoms with E-state index in [4.69, 9.17) is 0 Å². The summed E-state index contributed by atoms with van der Waals surface area (Å²) >= 11 is 1.71. The van der Waals surface area contributed by atoms with E-state index < -0.39 is 5.60 Å². The molecule has 1 fully saturated rings. The molecule has 1 aliphatic rings. The normalized spacial score (nSPS) is 20.9. The second-order valence-corrected chi connectivity index (χ2v) is 6.10. The number of hydrogen-bond acceptors (Lipinski definition) is 3. The Kier molecular flexibility index (Phi) is 4.13. The molecule has 2 nitrogen and oxygen atoms in total. The van der Waals surface area contributed by atoms with Gasteiger partial charge in [-0.15, -0.1) is 0 Å². The average Bonchev–Trinajstić information content (AvgIpc) is 2.24. The number of benzene rings is 1. The van der Waals surface area contributed by atoms with Crippen molar-refractivity contribution in [3.8, 4) is 0 Å². The molecule has 2 rings (SSSR count). The lowest BCUT2D eigenvalue weighted by Gasteiger charge is -2.43. The third-order valence-electron chi connectivity index (χ3n) is 3.25. The van der Waals surface area contributed by atoms with E-state index in [1.165, 1.54) is 5.56 Å². The van der Waals surface area contributed by atoms with Gasteiger partial charge >= 0.3 is 0 Å². The Morgan fingerprint density at radius 1 is 1.35 bits per heavy atom. The maximum absolute atomic E-state index is 10.1. The van der Waals surface area contributed by atoms with Crippen LogP contribution in [0.2, 0.25) is 0 Å². The smallest absolute Gasteiger partial charge is 0.0835 e. The molecule has 1 aromatic rings. The van der Waals surface area contributed by atoms with Crippen LogP contribution >= 0.6 is 11.8 Å². The number of aliphatic hydroxyl groups is 1. The Hall–Kier alpha value is -0.510. The molecule has 0 bridgehead atoms. The number of nitrogens with zero attached hydrogens (tertiary/aromatic N) is 1. The van der Waals surface area contributed by atoms with Crippen molar-refractivity contribution in [3.05, 3.63) is 35.9 Å². The van der Waals surface area contributed by atoms with Crippen LogP contribution in [0.5, 0.6) is 0 Å². The molecule has 1 aliphatic heterocycles. The molecule has 1 atom stereocenters. The molecular formula is C14H21NOS. The summed E-state index contributed by atoms with van der Waals surface area (Å²) in [5.41, 5.74) is 0.870. The molecule has 0 radical (unpaired) electrons. The predicted octanol–water partition coefficient (Wildman–Crippen LogP) is 2.20. The van der Waals surface area contributed by atoms with E-state index in [9.17, 15) is 5.11 Å². The zero-order chi connectivity index (χ0) is 12.3. The minimum Gasteiger partial charge on any atom is -0.388 e. The lowest BCUT2D eigenvalue weighted by atomic mass is 9.90. The van der Waals surface area contributed by atoms with E-state index in [0.717, 1.165) is 25.4 Å². The molecule has 94 valence electrons. The van der Waals surface area contributed by atoms with Gasteiger partial charge in [-0.3, -0.25) is 4.90 Å². The fourth-order valence-corrected chi connectivity index (χ4v) is 3.19. The molecule has 1 aromatic carbocycles. The summed E-state index contributed by atoms with van der Waals surface area (Å²) < 4.78 is 0. The minimum atomic E-state index is -0.554. The van der Waals surface area contributed by atoms with Crippen LogP contribution < -0.4 is 0 Å². The zero-order valence-electron chi connectivity index (χ0n) is 10.6. The van der Waals surface area contributed by atoms with E-state index in [0.29, 0.717) is 5.92 Å². The molecular weight excluding hydrogens is 230 g/mol. The van der Waals surface area contributed by atoms with Gasteiger partial charge in [-0.2, -0.15) is 11.8 Å². The van der Waals surface area contributed by atoms with E-state index in [1.807, 2.05) is 13.2 Å². The summed E-state index contributed by atoms with van der Waals surface area (Å²) in [6, 6.07) is 10.6. The number of rotatable bonds is 5.